The standard InChI is InChI=1S/C18H29N3O/c1-14-6-5-7-17(15(14)2)21-12-8-16(9-13-21)20(4)11-10-18(22)19-3/h5-7,16H,8-13H2,1-4H3,(H,19,22). The molecular weight excluding hydrogens is 274 g/mol. The highest BCUT2D eigenvalue weighted by Crippen LogP contribution is 2.26. The molecule has 0 radical (unpaired) electrons. The minimum Gasteiger partial charge on any atom is -0.371 e. The molecule has 1 aliphatic heterocycles. The lowest BCUT2D eigenvalue weighted by molar-refractivity contribution is -0.121. The second-order valence-corrected chi connectivity index (χ2v) is 6.34. The van der Waals surface area contributed by atoms with Gasteiger partial charge in [-0.25, -0.2) is 0 Å². The van der Waals surface area contributed by atoms with Gasteiger partial charge in [-0.1, -0.05) is 12.1 Å². The van der Waals surface area contributed by atoms with Gasteiger partial charge in [-0.15, -0.1) is 0 Å². The van der Waals surface area contributed by atoms with Gasteiger partial charge >= 0.3 is 0 Å². The van der Waals surface area contributed by atoms with Crippen molar-refractivity contribution in [3.05, 3.63) is 29.3 Å². The third-order valence-electron chi connectivity index (χ3n) is 4.97. The average molecular weight is 303 g/mol. The predicted octanol–water partition coefficient (Wildman–Crippen LogP) is 2.34. The van der Waals surface area contributed by atoms with Crippen molar-refractivity contribution < 1.29 is 4.79 Å². The first-order valence-electron chi connectivity index (χ1n) is 8.25. The Kier molecular flexibility index (Phi) is 5.83. The van der Waals surface area contributed by atoms with Crippen LogP contribution in [0.15, 0.2) is 18.2 Å². The van der Waals surface area contributed by atoms with Crippen molar-refractivity contribution in [1.82, 2.24) is 10.2 Å². The summed E-state index contributed by atoms with van der Waals surface area (Å²) < 4.78 is 0. The minimum atomic E-state index is 0.125. The highest BCUT2D eigenvalue weighted by molar-refractivity contribution is 5.75. The molecule has 1 fully saturated rings. The van der Waals surface area contributed by atoms with E-state index in [1.165, 1.54) is 16.8 Å². The normalized spacial score (nSPS) is 16.1. The fourth-order valence-electron chi connectivity index (χ4n) is 3.21. The van der Waals surface area contributed by atoms with Crippen molar-refractivity contribution in [3.63, 3.8) is 0 Å². The number of aryl methyl sites for hydroxylation is 1. The Morgan fingerprint density at radius 3 is 2.64 bits per heavy atom. The maximum atomic E-state index is 11.4. The largest absolute Gasteiger partial charge is 0.371 e. The molecule has 1 aliphatic rings. The molecule has 0 spiro atoms. The van der Waals surface area contributed by atoms with Crippen LogP contribution >= 0.6 is 0 Å². The van der Waals surface area contributed by atoms with Gasteiger partial charge in [0.05, 0.1) is 0 Å². The number of anilines is 1. The molecule has 1 amide bonds. The van der Waals surface area contributed by atoms with Crippen LogP contribution < -0.4 is 10.2 Å². The van der Waals surface area contributed by atoms with E-state index in [0.29, 0.717) is 12.5 Å². The van der Waals surface area contributed by atoms with E-state index in [1.54, 1.807) is 7.05 Å². The smallest absolute Gasteiger partial charge is 0.221 e. The molecular formula is C18H29N3O. The van der Waals surface area contributed by atoms with Crippen LogP contribution in [0.5, 0.6) is 0 Å². The Balaban J connectivity index is 1.87. The summed E-state index contributed by atoms with van der Waals surface area (Å²) in [5.41, 5.74) is 4.14. The van der Waals surface area contributed by atoms with Crippen LogP contribution in [0.4, 0.5) is 5.69 Å². The molecule has 1 N–H and O–H groups in total. The van der Waals surface area contributed by atoms with Crippen LogP contribution in [-0.4, -0.2) is 50.6 Å². The van der Waals surface area contributed by atoms with E-state index in [2.05, 4.69) is 54.2 Å². The minimum absolute atomic E-state index is 0.125. The molecule has 0 atom stereocenters. The second kappa shape index (κ2) is 7.63. The third kappa shape index (κ3) is 4.01. The van der Waals surface area contributed by atoms with Gasteiger partial charge in [-0.05, 0) is 50.9 Å². The Labute approximate surface area is 134 Å². The van der Waals surface area contributed by atoms with Crippen LogP contribution in [0.2, 0.25) is 0 Å². The second-order valence-electron chi connectivity index (χ2n) is 6.34. The average Bonchev–Trinajstić information content (AvgIpc) is 2.55. The van der Waals surface area contributed by atoms with Gasteiger partial charge < -0.3 is 15.1 Å². The van der Waals surface area contributed by atoms with Crippen molar-refractivity contribution in [2.24, 2.45) is 0 Å². The zero-order valence-electron chi connectivity index (χ0n) is 14.4. The summed E-state index contributed by atoms with van der Waals surface area (Å²) >= 11 is 0. The third-order valence-corrected chi connectivity index (χ3v) is 4.97. The summed E-state index contributed by atoms with van der Waals surface area (Å²) in [5.74, 6) is 0.125. The number of nitrogens with one attached hydrogen (secondary N) is 1. The van der Waals surface area contributed by atoms with Gasteiger partial charge in [0.2, 0.25) is 5.91 Å². The lowest BCUT2D eigenvalue weighted by Crippen LogP contribution is -2.44. The molecule has 4 nitrogen and oxygen atoms in total. The van der Waals surface area contributed by atoms with Crippen molar-refractivity contribution in [1.29, 1.82) is 0 Å². The van der Waals surface area contributed by atoms with E-state index in [4.69, 9.17) is 0 Å². The van der Waals surface area contributed by atoms with Crippen LogP contribution in [-0.2, 0) is 4.79 Å². The van der Waals surface area contributed by atoms with E-state index in [9.17, 15) is 4.79 Å². The molecule has 0 unspecified atom stereocenters. The molecule has 22 heavy (non-hydrogen) atoms. The molecule has 2 rings (SSSR count). The Morgan fingerprint density at radius 2 is 2.00 bits per heavy atom. The first-order valence-corrected chi connectivity index (χ1v) is 8.25. The van der Waals surface area contributed by atoms with Crippen molar-refractivity contribution >= 4 is 11.6 Å². The van der Waals surface area contributed by atoms with Gasteiger partial charge in [-0.2, -0.15) is 0 Å². The maximum Gasteiger partial charge on any atom is 0.221 e. The highest BCUT2D eigenvalue weighted by Gasteiger charge is 2.23. The summed E-state index contributed by atoms with van der Waals surface area (Å²) in [7, 11) is 3.84. The number of nitrogens with zero attached hydrogens (tertiary/aromatic N) is 2. The van der Waals surface area contributed by atoms with Crippen LogP contribution in [0.25, 0.3) is 0 Å². The number of carbonyl (C=O) groups is 1. The zero-order valence-corrected chi connectivity index (χ0v) is 14.4. The van der Waals surface area contributed by atoms with E-state index in [-0.39, 0.29) is 5.91 Å². The molecule has 1 aromatic rings. The monoisotopic (exact) mass is 303 g/mol. The summed E-state index contributed by atoms with van der Waals surface area (Å²) in [6.07, 6.45) is 2.92. The van der Waals surface area contributed by atoms with E-state index in [1.807, 2.05) is 0 Å². The fraction of sp³-hybridized carbons (Fsp3) is 0.611. The zero-order chi connectivity index (χ0) is 16.1. The van der Waals surface area contributed by atoms with Crippen LogP contribution in [0, 0.1) is 13.8 Å². The van der Waals surface area contributed by atoms with Crippen molar-refractivity contribution in [2.45, 2.75) is 39.2 Å². The summed E-state index contributed by atoms with van der Waals surface area (Å²) in [6, 6.07) is 7.15. The molecule has 4 heteroatoms. The number of benzene rings is 1. The predicted molar refractivity (Wildman–Crippen MR) is 92.5 cm³/mol. The van der Waals surface area contributed by atoms with E-state index in [0.717, 1.165) is 32.5 Å². The van der Waals surface area contributed by atoms with Gasteiger partial charge in [0.25, 0.3) is 0 Å². The number of piperidine rings is 1. The van der Waals surface area contributed by atoms with Gasteiger partial charge in [0.1, 0.15) is 0 Å². The van der Waals surface area contributed by atoms with Crippen molar-refractivity contribution in [3.8, 4) is 0 Å². The van der Waals surface area contributed by atoms with Crippen LogP contribution in [0.3, 0.4) is 0 Å². The molecule has 1 heterocycles. The maximum absolute atomic E-state index is 11.4. The number of hydrogen-bond acceptors (Lipinski definition) is 3. The Bertz CT molecular complexity index is 507. The summed E-state index contributed by atoms with van der Waals surface area (Å²) in [4.78, 5) is 16.2. The molecule has 1 aromatic carbocycles. The summed E-state index contributed by atoms with van der Waals surface area (Å²) in [6.45, 7) is 7.43. The van der Waals surface area contributed by atoms with Crippen molar-refractivity contribution in [2.75, 3.05) is 38.6 Å². The molecule has 0 aliphatic carbocycles. The molecule has 122 valence electrons. The van der Waals surface area contributed by atoms with Crippen LogP contribution in [0.1, 0.15) is 30.4 Å². The lowest BCUT2D eigenvalue weighted by atomic mass is 10.0. The molecule has 1 saturated heterocycles. The number of rotatable bonds is 5. The first-order chi connectivity index (χ1) is 10.5. The quantitative estimate of drug-likeness (QED) is 0.907. The SMILES string of the molecule is CNC(=O)CCN(C)C1CCN(c2cccc(C)c2C)CC1. The van der Waals surface area contributed by atoms with E-state index >= 15 is 0 Å². The fourth-order valence-corrected chi connectivity index (χ4v) is 3.21. The highest BCUT2D eigenvalue weighted by atomic mass is 16.1. The Hall–Kier alpha value is -1.55. The Morgan fingerprint density at radius 1 is 1.32 bits per heavy atom. The first kappa shape index (κ1) is 16.8. The molecule has 0 aromatic heterocycles. The van der Waals surface area contributed by atoms with Gasteiger partial charge in [0, 0.05) is 44.8 Å². The van der Waals surface area contributed by atoms with Gasteiger partial charge in [0.15, 0.2) is 0 Å². The topological polar surface area (TPSA) is 35.6 Å². The van der Waals surface area contributed by atoms with E-state index < -0.39 is 0 Å². The van der Waals surface area contributed by atoms with Gasteiger partial charge in [-0.3, -0.25) is 4.79 Å². The molecule has 0 saturated carbocycles. The number of amides is 1. The molecule has 0 bridgehead atoms. The number of hydrogen-bond donors (Lipinski definition) is 1. The number of carbonyl (C=O) groups excluding carboxylic acids is 1. The lowest BCUT2D eigenvalue weighted by Gasteiger charge is -2.38. The summed E-state index contributed by atoms with van der Waals surface area (Å²) in [5, 5.41) is 2.69.